The van der Waals surface area contributed by atoms with Crippen molar-refractivity contribution in [2.75, 3.05) is 32.1 Å². The molecule has 1 rings (SSSR count). The van der Waals surface area contributed by atoms with Crippen LogP contribution in [0.15, 0.2) is 29.3 Å². The molecule has 0 aromatic heterocycles. The van der Waals surface area contributed by atoms with Crippen LogP contribution in [0.25, 0.3) is 0 Å². The SMILES string of the molecule is CSCCCNC(=NCc1ccc([N+](=O)[O-])cc1)N(C)CC(=O)NC(C)(C)C.I. The van der Waals surface area contributed by atoms with Gasteiger partial charge in [-0.05, 0) is 44.8 Å². The molecule has 0 saturated carbocycles. The van der Waals surface area contributed by atoms with Crippen molar-refractivity contribution in [3.63, 3.8) is 0 Å². The summed E-state index contributed by atoms with van der Waals surface area (Å²) < 4.78 is 0. The minimum atomic E-state index is -0.423. The molecule has 10 heteroatoms. The summed E-state index contributed by atoms with van der Waals surface area (Å²) in [5, 5.41) is 17.0. The lowest BCUT2D eigenvalue weighted by atomic mass is 10.1. The molecule has 1 aromatic rings. The van der Waals surface area contributed by atoms with Crippen LogP contribution in [0.2, 0.25) is 0 Å². The van der Waals surface area contributed by atoms with Crippen LogP contribution in [-0.4, -0.2) is 59.4 Å². The number of nitrogens with one attached hydrogen (secondary N) is 2. The monoisotopic (exact) mass is 537 g/mol. The molecule has 0 fully saturated rings. The van der Waals surface area contributed by atoms with E-state index in [-0.39, 0.29) is 47.7 Å². The van der Waals surface area contributed by atoms with Gasteiger partial charge in [0.1, 0.15) is 0 Å². The summed E-state index contributed by atoms with van der Waals surface area (Å²) >= 11 is 1.78. The molecule has 0 radical (unpaired) electrons. The lowest BCUT2D eigenvalue weighted by Crippen LogP contribution is -2.49. The Morgan fingerprint density at radius 1 is 1.28 bits per heavy atom. The summed E-state index contributed by atoms with van der Waals surface area (Å²) in [7, 11) is 1.82. The Balaban J connectivity index is 0.00000784. The quantitative estimate of drug-likeness (QED) is 0.125. The molecule has 0 aliphatic heterocycles. The lowest BCUT2D eigenvalue weighted by molar-refractivity contribution is -0.384. The highest BCUT2D eigenvalue weighted by Gasteiger charge is 2.17. The molecule has 29 heavy (non-hydrogen) atoms. The van der Waals surface area contributed by atoms with Crippen LogP contribution < -0.4 is 10.6 Å². The highest BCUT2D eigenvalue weighted by atomic mass is 127. The maximum atomic E-state index is 12.2. The van der Waals surface area contributed by atoms with Crippen LogP contribution in [0, 0.1) is 10.1 Å². The minimum absolute atomic E-state index is 0. The number of halogens is 1. The summed E-state index contributed by atoms with van der Waals surface area (Å²) in [6.07, 6.45) is 3.05. The van der Waals surface area contributed by atoms with Crippen molar-refractivity contribution < 1.29 is 9.72 Å². The Labute approximate surface area is 194 Å². The zero-order valence-corrected chi connectivity index (χ0v) is 20.9. The molecule has 0 aliphatic rings. The number of guanidine groups is 1. The van der Waals surface area contributed by atoms with Gasteiger partial charge in [0.25, 0.3) is 5.69 Å². The third kappa shape index (κ3) is 11.9. The largest absolute Gasteiger partial charge is 0.356 e. The molecular formula is C19H32IN5O3S. The van der Waals surface area contributed by atoms with Gasteiger partial charge in [0, 0.05) is 31.3 Å². The number of carbonyl (C=O) groups is 1. The first kappa shape index (κ1) is 27.4. The van der Waals surface area contributed by atoms with Crippen molar-refractivity contribution >= 4 is 53.3 Å². The van der Waals surface area contributed by atoms with Gasteiger partial charge in [-0.2, -0.15) is 11.8 Å². The number of nitro benzene ring substituents is 1. The molecule has 0 saturated heterocycles. The predicted octanol–water partition coefficient (Wildman–Crippen LogP) is 3.26. The minimum Gasteiger partial charge on any atom is -0.356 e. The van der Waals surface area contributed by atoms with Gasteiger partial charge in [0.2, 0.25) is 5.91 Å². The lowest BCUT2D eigenvalue weighted by Gasteiger charge is -2.25. The van der Waals surface area contributed by atoms with Crippen LogP contribution in [-0.2, 0) is 11.3 Å². The average molecular weight is 537 g/mol. The number of rotatable bonds is 9. The zero-order valence-electron chi connectivity index (χ0n) is 17.7. The Morgan fingerprint density at radius 3 is 2.41 bits per heavy atom. The summed E-state index contributed by atoms with van der Waals surface area (Å²) in [5.41, 5.74) is 0.625. The van der Waals surface area contributed by atoms with Gasteiger partial charge in [-0.25, -0.2) is 4.99 Å². The van der Waals surface area contributed by atoms with Crippen LogP contribution in [0.4, 0.5) is 5.69 Å². The molecule has 0 spiro atoms. The Morgan fingerprint density at radius 2 is 1.90 bits per heavy atom. The van der Waals surface area contributed by atoms with Crippen molar-refractivity contribution in [2.45, 2.75) is 39.3 Å². The number of nitro groups is 1. The van der Waals surface area contributed by atoms with Crippen molar-refractivity contribution in [1.82, 2.24) is 15.5 Å². The molecule has 0 unspecified atom stereocenters. The highest BCUT2D eigenvalue weighted by molar-refractivity contribution is 14.0. The molecule has 8 nitrogen and oxygen atoms in total. The van der Waals surface area contributed by atoms with E-state index in [9.17, 15) is 14.9 Å². The third-order valence-electron chi connectivity index (χ3n) is 3.62. The van der Waals surface area contributed by atoms with E-state index in [2.05, 4.69) is 21.9 Å². The maximum Gasteiger partial charge on any atom is 0.269 e. The van der Waals surface area contributed by atoms with Gasteiger partial charge < -0.3 is 15.5 Å². The Bertz CT molecular complexity index is 677. The van der Waals surface area contributed by atoms with Crippen LogP contribution >= 0.6 is 35.7 Å². The second kappa shape index (κ2) is 13.6. The van der Waals surface area contributed by atoms with E-state index >= 15 is 0 Å². The van der Waals surface area contributed by atoms with Crippen molar-refractivity contribution in [3.05, 3.63) is 39.9 Å². The summed E-state index contributed by atoms with van der Waals surface area (Å²) in [5.74, 6) is 1.59. The van der Waals surface area contributed by atoms with E-state index in [1.165, 1.54) is 12.1 Å². The van der Waals surface area contributed by atoms with Crippen LogP contribution in [0.5, 0.6) is 0 Å². The first-order valence-corrected chi connectivity index (χ1v) is 10.5. The summed E-state index contributed by atoms with van der Waals surface area (Å²) in [4.78, 5) is 28.9. The number of hydrogen-bond acceptors (Lipinski definition) is 5. The van der Waals surface area contributed by atoms with E-state index in [1.807, 2.05) is 27.8 Å². The molecule has 1 amide bonds. The summed E-state index contributed by atoms with van der Waals surface area (Å²) in [6, 6.07) is 6.33. The van der Waals surface area contributed by atoms with Crippen LogP contribution in [0.1, 0.15) is 32.8 Å². The predicted molar refractivity (Wildman–Crippen MR) is 131 cm³/mol. The van der Waals surface area contributed by atoms with Gasteiger partial charge in [-0.15, -0.1) is 24.0 Å². The van der Waals surface area contributed by atoms with E-state index < -0.39 is 4.92 Å². The van der Waals surface area contributed by atoms with E-state index in [0.717, 1.165) is 24.3 Å². The van der Waals surface area contributed by atoms with Crippen molar-refractivity contribution in [3.8, 4) is 0 Å². The number of benzene rings is 1. The smallest absolute Gasteiger partial charge is 0.269 e. The zero-order chi connectivity index (χ0) is 21.2. The first-order valence-electron chi connectivity index (χ1n) is 9.15. The van der Waals surface area contributed by atoms with Gasteiger partial charge in [-0.1, -0.05) is 12.1 Å². The van der Waals surface area contributed by atoms with E-state index in [4.69, 9.17) is 0 Å². The number of hydrogen-bond donors (Lipinski definition) is 2. The fourth-order valence-corrected chi connectivity index (χ4v) is 2.80. The highest BCUT2D eigenvalue weighted by Crippen LogP contribution is 2.12. The fraction of sp³-hybridized carbons (Fsp3) is 0.579. The number of aliphatic imine (C=N–C) groups is 1. The fourth-order valence-electron chi connectivity index (χ4n) is 2.37. The van der Waals surface area contributed by atoms with Gasteiger partial charge in [-0.3, -0.25) is 14.9 Å². The third-order valence-corrected chi connectivity index (χ3v) is 4.32. The molecule has 0 bridgehead atoms. The van der Waals surface area contributed by atoms with Gasteiger partial charge in [0.15, 0.2) is 5.96 Å². The Hall–Kier alpha value is -1.56. The van der Waals surface area contributed by atoms with Crippen molar-refractivity contribution in [1.29, 1.82) is 0 Å². The molecule has 0 heterocycles. The number of likely N-dealkylation sites (N-methyl/N-ethyl adjacent to an activating group) is 1. The summed E-state index contributed by atoms with van der Waals surface area (Å²) in [6.45, 7) is 7.13. The second-order valence-electron chi connectivity index (χ2n) is 7.49. The molecule has 1 aromatic carbocycles. The molecular weight excluding hydrogens is 505 g/mol. The molecule has 0 atom stereocenters. The first-order chi connectivity index (χ1) is 13.1. The van der Waals surface area contributed by atoms with E-state index in [1.54, 1.807) is 28.8 Å². The standard InChI is InChI=1S/C19H31N5O3S.HI/c1-19(2,3)22-17(25)14-23(4)18(20-11-6-12-28-5)21-13-15-7-9-16(10-8-15)24(26)27;/h7-10H,6,11-14H2,1-5H3,(H,20,21)(H,22,25);1H. The molecule has 164 valence electrons. The average Bonchev–Trinajstić information content (AvgIpc) is 2.59. The Kier molecular flexibility index (Phi) is 12.9. The van der Waals surface area contributed by atoms with E-state index in [0.29, 0.717) is 12.5 Å². The van der Waals surface area contributed by atoms with Crippen molar-refractivity contribution in [2.24, 2.45) is 4.99 Å². The number of carbonyl (C=O) groups excluding carboxylic acids is 1. The number of non-ortho nitro benzene ring substituents is 1. The van der Waals surface area contributed by atoms with Gasteiger partial charge >= 0.3 is 0 Å². The number of nitrogens with zero attached hydrogens (tertiary/aromatic N) is 3. The van der Waals surface area contributed by atoms with Crippen LogP contribution in [0.3, 0.4) is 0 Å². The second-order valence-corrected chi connectivity index (χ2v) is 8.48. The maximum absolute atomic E-state index is 12.2. The van der Waals surface area contributed by atoms with Gasteiger partial charge in [0.05, 0.1) is 18.0 Å². The number of thioether (sulfide) groups is 1. The molecule has 0 aliphatic carbocycles. The number of amides is 1. The topological polar surface area (TPSA) is 99.9 Å². The normalized spacial score (nSPS) is 11.4. The molecule has 2 N–H and O–H groups in total.